The molecule has 0 saturated carbocycles. The Morgan fingerprint density at radius 1 is 0.889 bits per heavy atom. The van der Waals surface area contributed by atoms with E-state index in [1.165, 1.54) is 0 Å². The summed E-state index contributed by atoms with van der Waals surface area (Å²) in [7, 11) is 0. The maximum absolute atomic E-state index is 12.4. The fourth-order valence-electron chi connectivity index (χ4n) is 2.06. The topological polar surface area (TPSA) is 17.1 Å². The Balaban J connectivity index is 2.44. The van der Waals surface area contributed by atoms with Crippen molar-refractivity contribution in [2.75, 3.05) is 0 Å². The minimum absolute atomic E-state index is 0.0809. The van der Waals surface area contributed by atoms with Crippen LogP contribution in [0.25, 0.3) is 0 Å². The smallest absolute Gasteiger partial charge is 0.193 e. The molecule has 2 aromatic rings. The van der Waals surface area contributed by atoms with Crippen molar-refractivity contribution < 1.29 is 4.79 Å². The number of aryl methyl sites for hydroxylation is 3. The third-order valence-corrected chi connectivity index (χ3v) is 3.79. The molecule has 0 heterocycles. The largest absolute Gasteiger partial charge is 0.289 e. The minimum Gasteiger partial charge on any atom is -0.289 e. The standard InChI is InChI=1S/C16H15BrO/c1-10-6-11(2)8-14(7-10)16(18)13-4-5-15(17)12(3)9-13/h4-9H,1-3H3. The highest BCUT2D eigenvalue weighted by Crippen LogP contribution is 2.20. The number of halogens is 1. The highest BCUT2D eigenvalue weighted by Gasteiger charge is 2.10. The molecule has 0 bridgehead atoms. The lowest BCUT2D eigenvalue weighted by atomic mass is 9.98. The minimum atomic E-state index is 0.0809. The van der Waals surface area contributed by atoms with Crippen LogP contribution in [0, 0.1) is 20.8 Å². The van der Waals surface area contributed by atoms with E-state index >= 15 is 0 Å². The average molecular weight is 303 g/mol. The third kappa shape index (κ3) is 2.70. The number of hydrogen-bond acceptors (Lipinski definition) is 1. The Kier molecular flexibility index (Phi) is 3.67. The highest BCUT2D eigenvalue weighted by molar-refractivity contribution is 9.10. The van der Waals surface area contributed by atoms with Gasteiger partial charge in [-0.15, -0.1) is 0 Å². The fraction of sp³-hybridized carbons (Fsp3) is 0.188. The first-order chi connectivity index (χ1) is 8.47. The van der Waals surface area contributed by atoms with Crippen molar-refractivity contribution in [3.8, 4) is 0 Å². The van der Waals surface area contributed by atoms with Crippen molar-refractivity contribution in [2.24, 2.45) is 0 Å². The van der Waals surface area contributed by atoms with E-state index in [4.69, 9.17) is 0 Å². The second kappa shape index (κ2) is 5.07. The summed E-state index contributed by atoms with van der Waals surface area (Å²) in [6.45, 7) is 6.01. The van der Waals surface area contributed by atoms with Gasteiger partial charge in [0.05, 0.1) is 0 Å². The van der Waals surface area contributed by atoms with Crippen LogP contribution in [0.5, 0.6) is 0 Å². The maximum atomic E-state index is 12.4. The van der Waals surface area contributed by atoms with Crippen molar-refractivity contribution in [3.63, 3.8) is 0 Å². The summed E-state index contributed by atoms with van der Waals surface area (Å²) in [5.74, 6) is 0.0809. The van der Waals surface area contributed by atoms with Crippen LogP contribution in [-0.2, 0) is 0 Å². The summed E-state index contributed by atoms with van der Waals surface area (Å²) in [4.78, 5) is 12.4. The van der Waals surface area contributed by atoms with Crippen molar-refractivity contribution in [1.29, 1.82) is 0 Å². The van der Waals surface area contributed by atoms with Crippen LogP contribution >= 0.6 is 15.9 Å². The van der Waals surface area contributed by atoms with Crippen LogP contribution in [0.3, 0.4) is 0 Å². The molecule has 0 fully saturated rings. The molecular formula is C16H15BrO. The average Bonchev–Trinajstić information content (AvgIpc) is 2.30. The van der Waals surface area contributed by atoms with Gasteiger partial charge >= 0.3 is 0 Å². The van der Waals surface area contributed by atoms with Crippen LogP contribution in [0.4, 0.5) is 0 Å². The third-order valence-electron chi connectivity index (χ3n) is 2.90. The zero-order chi connectivity index (χ0) is 13.3. The molecule has 0 radical (unpaired) electrons. The molecule has 2 heteroatoms. The molecule has 0 spiro atoms. The lowest BCUT2D eigenvalue weighted by Gasteiger charge is -2.06. The summed E-state index contributed by atoms with van der Waals surface area (Å²) in [6, 6.07) is 11.6. The van der Waals surface area contributed by atoms with Crippen molar-refractivity contribution in [2.45, 2.75) is 20.8 Å². The van der Waals surface area contributed by atoms with E-state index in [1.54, 1.807) is 0 Å². The van der Waals surface area contributed by atoms with Crippen LogP contribution < -0.4 is 0 Å². The molecule has 0 aliphatic rings. The molecule has 1 nitrogen and oxygen atoms in total. The Morgan fingerprint density at radius 2 is 1.50 bits per heavy atom. The molecule has 92 valence electrons. The summed E-state index contributed by atoms with van der Waals surface area (Å²) in [5, 5.41) is 0. The molecule has 2 aromatic carbocycles. The molecule has 0 aliphatic heterocycles. The summed E-state index contributed by atoms with van der Waals surface area (Å²) in [6.07, 6.45) is 0. The molecule has 0 saturated heterocycles. The molecule has 0 N–H and O–H groups in total. The first-order valence-corrected chi connectivity index (χ1v) is 6.66. The zero-order valence-corrected chi connectivity index (χ0v) is 12.3. The normalized spacial score (nSPS) is 10.4. The van der Waals surface area contributed by atoms with Crippen LogP contribution in [0.1, 0.15) is 32.6 Å². The second-order valence-corrected chi connectivity index (χ2v) is 5.52. The van der Waals surface area contributed by atoms with E-state index in [1.807, 2.05) is 51.1 Å². The van der Waals surface area contributed by atoms with Gasteiger partial charge < -0.3 is 0 Å². The number of rotatable bonds is 2. The highest BCUT2D eigenvalue weighted by atomic mass is 79.9. The Morgan fingerprint density at radius 3 is 2.06 bits per heavy atom. The van der Waals surface area contributed by atoms with Gasteiger partial charge in [0.15, 0.2) is 5.78 Å². The van der Waals surface area contributed by atoms with Gasteiger partial charge in [-0.2, -0.15) is 0 Å². The van der Waals surface area contributed by atoms with Crippen LogP contribution in [-0.4, -0.2) is 5.78 Å². The maximum Gasteiger partial charge on any atom is 0.193 e. The SMILES string of the molecule is Cc1cc(C)cc(C(=O)c2ccc(Br)c(C)c2)c1. The van der Waals surface area contributed by atoms with Gasteiger partial charge in [-0.1, -0.05) is 33.1 Å². The summed E-state index contributed by atoms with van der Waals surface area (Å²) in [5.41, 5.74) is 4.81. The monoisotopic (exact) mass is 302 g/mol. The van der Waals surface area contributed by atoms with Gasteiger partial charge in [0.2, 0.25) is 0 Å². The summed E-state index contributed by atoms with van der Waals surface area (Å²) < 4.78 is 1.03. The molecule has 18 heavy (non-hydrogen) atoms. The predicted octanol–water partition coefficient (Wildman–Crippen LogP) is 4.61. The van der Waals surface area contributed by atoms with E-state index < -0.39 is 0 Å². The van der Waals surface area contributed by atoms with Crippen LogP contribution in [0.15, 0.2) is 40.9 Å². The Labute approximate surface area is 116 Å². The summed E-state index contributed by atoms with van der Waals surface area (Å²) >= 11 is 3.45. The van der Waals surface area contributed by atoms with Gasteiger partial charge in [0, 0.05) is 15.6 Å². The molecule has 0 amide bonds. The number of ketones is 1. The molecule has 0 aromatic heterocycles. The second-order valence-electron chi connectivity index (χ2n) is 4.67. The zero-order valence-electron chi connectivity index (χ0n) is 10.8. The van der Waals surface area contributed by atoms with Gasteiger partial charge in [0.1, 0.15) is 0 Å². The van der Waals surface area contributed by atoms with Gasteiger partial charge in [-0.05, 0) is 56.7 Å². The molecular weight excluding hydrogens is 288 g/mol. The van der Waals surface area contributed by atoms with Crippen molar-refractivity contribution in [3.05, 3.63) is 68.7 Å². The first kappa shape index (κ1) is 13.0. The number of hydrogen-bond donors (Lipinski definition) is 0. The molecule has 2 rings (SSSR count). The van der Waals surface area contributed by atoms with E-state index in [0.717, 1.165) is 32.3 Å². The van der Waals surface area contributed by atoms with Gasteiger partial charge in [0.25, 0.3) is 0 Å². The lowest BCUT2D eigenvalue weighted by Crippen LogP contribution is -2.02. The van der Waals surface area contributed by atoms with Crippen LogP contribution in [0.2, 0.25) is 0 Å². The number of carbonyl (C=O) groups is 1. The van der Waals surface area contributed by atoms with E-state index in [2.05, 4.69) is 22.0 Å². The Hall–Kier alpha value is -1.41. The fourth-order valence-corrected chi connectivity index (χ4v) is 2.30. The first-order valence-electron chi connectivity index (χ1n) is 5.86. The van der Waals surface area contributed by atoms with Gasteiger partial charge in [-0.3, -0.25) is 4.79 Å². The van der Waals surface area contributed by atoms with Gasteiger partial charge in [-0.25, -0.2) is 0 Å². The number of carbonyl (C=O) groups excluding carboxylic acids is 1. The molecule has 0 atom stereocenters. The number of benzene rings is 2. The van der Waals surface area contributed by atoms with E-state index in [0.29, 0.717) is 0 Å². The van der Waals surface area contributed by atoms with E-state index in [9.17, 15) is 4.79 Å². The van der Waals surface area contributed by atoms with Crippen molar-refractivity contribution in [1.82, 2.24) is 0 Å². The Bertz CT molecular complexity index is 594. The molecule has 0 aliphatic carbocycles. The lowest BCUT2D eigenvalue weighted by molar-refractivity contribution is 0.103. The molecule has 0 unspecified atom stereocenters. The predicted molar refractivity (Wildman–Crippen MR) is 78.2 cm³/mol. The quantitative estimate of drug-likeness (QED) is 0.741. The van der Waals surface area contributed by atoms with Crippen molar-refractivity contribution >= 4 is 21.7 Å². The van der Waals surface area contributed by atoms with E-state index in [-0.39, 0.29) is 5.78 Å².